The van der Waals surface area contributed by atoms with Crippen molar-refractivity contribution in [1.29, 1.82) is 0 Å². The zero-order chi connectivity index (χ0) is 25.2. The van der Waals surface area contributed by atoms with Gasteiger partial charge in [-0.2, -0.15) is 0 Å². The van der Waals surface area contributed by atoms with E-state index >= 15 is 0 Å². The van der Waals surface area contributed by atoms with Crippen LogP contribution in [0.15, 0.2) is 64.8 Å². The highest BCUT2D eigenvalue weighted by Gasteiger charge is 2.40. The minimum atomic E-state index is -2.12. The van der Waals surface area contributed by atoms with Crippen LogP contribution < -0.4 is 4.90 Å². The first-order chi connectivity index (χ1) is 16.6. The number of allylic oxidation sites excluding steroid dienone is 1. The van der Waals surface area contributed by atoms with Crippen molar-refractivity contribution < 1.29 is 9.16 Å². The van der Waals surface area contributed by atoms with Gasteiger partial charge in [0.25, 0.3) is 0 Å². The van der Waals surface area contributed by atoms with Gasteiger partial charge in [0.05, 0.1) is 17.1 Å². The maximum atomic E-state index is 7.03. The molecule has 0 spiro atoms. The Morgan fingerprint density at radius 3 is 2.60 bits per heavy atom. The van der Waals surface area contributed by atoms with Gasteiger partial charge in [0, 0.05) is 24.4 Å². The van der Waals surface area contributed by atoms with Crippen molar-refractivity contribution in [2.24, 2.45) is 0 Å². The van der Waals surface area contributed by atoms with Crippen LogP contribution in [0.1, 0.15) is 50.8 Å². The maximum Gasteiger partial charge on any atom is 0.193 e. The number of aromatic nitrogens is 3. The number of anilines is 2. The number of benzene rings is 1. The Morgan fingerprint density at radius 1 is 1.11 bits per heavy atom. The van der Waals surface area contributed by atoms with Crippen LogP contribution in [0.5, 0.6) is 0 Å². The maximum absolute atomic E-state index is 7.03. The second kappa shape index (κ2) is 10.2. The van der Waals surface area contributed by atoms with Crippen LogP contribution in [0.4, 0.5) is 11.5 Å². The number of pyridine rings is 1. The molecule has 1 unspecified atom stereocenters. The zero-order valence-corrected chi connectivity index (χ0v) is 23.4. The van der Waals surface area contributed by atoms with Crippen molar-refractivity contribution in [1.82, 2.24) is 15.0 Å². The molecule has 1 aliphatic rings. The normalized spacial score (nSPS) is 14.7. The second-order valence-electron chi connectivity index (χ2n) is 10.1. The van der Waals surface area contributed by atoms with Crippen molar-refractivity contribution in [2.75, 3.05) is 18.7 Å². The molecule has 0 saturated carbocycles. The minimum absolute atomic E-state index is 0.0624. The molecule has 0 bridgehead atoms. The molecule has 0 N–H and O–H groups in total. The Morgan fingerprint density at radius 2 is 1.89 bits per heavy atom. The van der Waals surface area contributed by atoms with Crippen molar-refractivity contribution in [2.45, 2.75) is 61.9 Å². The lowest BCUT2D eigenvalue weighted by Crippen LogP contribution is -2.42. The predicted molar refractivity (Wildman–Crippen MR) is 146 cm³/mol. The summed E-state index contributed by atoms with van der Waals surface area (Å²) in [5, 5.41) is 0.937. The third-order valence-corrected chi connectivity index (χ3v) is 12.0. The summed E-state index contributed by atoms with van der Waals surface area (Å²) in [7, 11) is -0.423. The van der Waals surface area contributed by atoms with Gasteiger partial charge in [0.15, 0.2) is 14.1 Å². The van der Waals surface area contributed by atoms with Crippen molar-refractivity contribution >= 4 is 37.7 Å². The van der Waals surface area contributed by atoms with Crippen LogP contribution >= 0.6 is 11.8 Å². The first-order valence-electron chi connectivity index (χ1n) is 11.8. The molecule has 2 aromatic heterocycles. The average Bonchev–Trinajstić information content (AvgIpc) is 2.82. The summed E-state index contributed by atoms with van der Waals surface area (Å²) < 4.78 is 12.6. The summed E-state index contributed by atoms with van der Waals surface area (Å²) in [6, 6.07) is 12.6. The highest BCUT2D eigenvalue weighted by molar-refractivity contribution is 7.99. The standard InChI is InChI=1S/C27H34N4O2SSi/c1-8-10-20-11-9-12-21(30-20)24(33-35(6,7)27(2,3)4)19-13-14-23-22(17-19)31(18-32-5)25-26(34-23)29-16-15-28-25/h8-17,24H,18H2,1-7H3/b10-8+. The largest absolute Gasteiger partial charge is 0.404 e. The first-order valence-corrected chi connectivity index (χ1v) is 15.5. The van der Waals surface area contributed by atoms with Gasteiger partial charge in [-0.25, -0.2) is 9.97 Å². The summed E-state index contributed by atoms with van der Waals surface area (Å²) in [6.07, 6.45) is 7.18. The Balaban J connectivity index is 1.83. The van der Waals surface area contributed by atoms with E-state index in [1.165, 1.54) is 0 Å². The topological polar surface area (TPSA) is 60.4 Å². The van der Waals surface area contributed by atoms with E-state index in [2.05, 4.69) is 79.1 Å². The molecule has 1 aromatic carbocycles. The van der Waals surface area contributed by atoms with Crippen LogP contribution in [0.2, 0.25) is 18.1 Å². The number of rotatable bonds is 7. The van der Waals surface area contributed by atoms with E-state index < -0.39 is 8.32 Å². The number of fused-ring (bicyclic) bond motifs is 2. The van der Waals surface area contributed by atoms with Crippen LogP contribution in [0.3, 0.4) is 0 Å². The summed E-state index contributed by atoms with van der Waals surface area (Å²) in [5.74, 6) is 0.805. The summed E-state index contributed by atoms with van der Waals surface area (Å²) in [6.45, 7) is 13.7. The Labute approximate surface area is 214 Å². The van der Waals surface area contributed by atoms with E-state index in [4.69, 9.17) is 14.1 Å². The smallest absolute Gasteiger partial charge is 0.193 e. The van der Waals surface area contributed by atoms with Crippen molar-refractivity contribution in [3.05, 3.63) is 71.8 Å². The van der Waals surface area contributed by atoms with Gasteiger partial charge < -0.3 is 9.16 Å². The highest BCUT2D eigenvalue weighted by Crippen LogP contribution is 2.48. The molecule has 0 amide bonds. The van der Waals surface area contributed by atoms with Gasteiger partial charge >= 0.3 is 0 Å². The number of methoxy groups -OCH3 is 1. The van der Waals surface area contributed by atoms with Gasteiger partial charge in [-0.05, 0) is 61.0 Å². The number of ether oxygens (including phenoxy) is 1. The lowest BCUT2D eigenvalue weighted by Gasteiger charge is -2.39. The molecular weight excluding hydrogens is 472 g/mol. The minimum Gasteiger partial charge on any atom is -0.404 e. The molecule has 1 aliphatic heterocycles. The number of nitrogens with zero attached hydrogens (tertiary/aromatic N) is 4. The van der Waals surface area contributed by atoms with E-state index in [0.717, 1.165) is 38.4 Å². The van der Waals surface area contributed by atoms with Crippen LogP contribution in [0, 0.1) is 0 Å². The number of hydrogen-bond acceptors (Lipinski definition) is 7. The second-order valence-corrected chi connectivity index (χ2v) is 15.9. The molecule has 0 saturated heterocycles. The molecule has 184 valence electrons. The zero-order valence-electron chi connectivity index (χ0n) is 21.6. The Bertz CT molecular complexity index is 1230. The SMILES string of the molecule is C/C=C/c1cccc(C(O[Si](C)(C)C(C)(C)C)c2ccc3c(c2)N(COC)c2nccnc2S3)n1. The lowest BCUT2D eigenvalue weighted by molar-refractivity contribution is 0.204. The van der Waals surface area contributed by atoms with Gasteiger partial charge in [0.1, 0.15) is 17.9 Å². The Hall–Kier alpha value is -2.52. The number of hydrogen-bond donors (Lipinski definition) is 0. The fourth-order valence-corrected chi connectivity index (χ4v) is 5.88. The van der Waals surface area contributed by atoms with Crippen LogP contribution in [-0.2, 0) is 9.16 Å². The van der Waals surface area contributed by atoms with E-state index in [9.17, 15) is 0 Å². The van der Waals surface area contributed by atoms with Gasteiger partial charge in [-0.1, -0.05) is 50.7 Å². The monoisotopic (exact) mass is 506 g/mol. The molecule has 0 radical (unpaired) electrons. The average molecular weight is 507 g/mol. The summed E-state index contributed by atoms with van der Waals surface area (Å²) in [4.78, 5) is 17.3. The fourth-order valence-electron chi connectivity index (χ4n) is 3.70. The van der Waals surface area contributed by atoms with Crippen LogP contribution in [0.25, 0.3) is 6.08 Å². The third-order valence-electron chi connectivity index (χ3n) is 6.56. The highest BCUT2D eigenvalue weighted by atomic mass is 32.2. The summed E-state index contributed by atoms with van der Waals surface area (Å²) in [5.41, 5.74) is 3.93. The van der Waals surface area contributed by atoms with Crippen molar-refractivity contribution in [3.8, 4) is 0 Å². The molecule has 3 aromatic rings. The molecule has 0 fully saturated rings. The van der Waals surface area contributed by atoms with E-state index in [1.54, 1.807) is 31.3 Å². The molecule has 6 nitrogen and oxygen atoms in total. The van der Waals surface area contributed by atoms with Crippen LogP contribution in [-0.4, -0.2) is 37.1 Å². The predicted octanol–water partition coefficient (Wildman–Crippen LogP) is 7.22. The molecule has 4 rings (SSSR count). The molecule has 1 atom stereocenters. The molecular formula is C27H34N4O2SSi. The van der Waals surface area contributed by atoms with Gasteiger partial charge in [-0.15, -0.1) is 0 Å². The van der Waals surface area contributed by atoms with E-state index in [1.807, 2.05) is 25.1 Å². The fraction of sp³-hybridized carbons (Fsp3) is 0.370. The van der Waals surface area contributed by atoms with E-state index in [0.29, 0.717) is 6.73 Å². The quantitative estimate of drug-likeness (QED) is 0.313. The molecule has 0 aliphatic carbocycles. The van der Waals surface area contributed by atoms with Gasteiger partial charge in [-0.3, -0.25) is 9.88 Å². The molecule has 8 heteroatoms. The molecule has 35 heavy (non-hydrogen) atoms. The Kier molecular flexibility index (Phi) is 7.47. The van der Waals surface area contributed by atoms with E-state index in [-0.39, 0.29) is 11.1 Å². The summed E-state index contributed by atoms with van der Waals surface area (Å²) >= 11 is 1.63. The van der Waals surface area contributed by atoms with Crippen molar-refractivity contribution in [3.63, 3.8) is 0 Å². The first kappa shape index (κ1) is 25.6. The van der Waals surface area contributed by atoms with Gasteiger partial charge in [0.2, 0.25) is 0 Å². The lowest BCUT2D eigenvalue weighted by atomic mass is 10.0. The molecule has 3 heterocycles. The third kappa shape index (κ3) is 5.35.